The fourth-order valence-electron chi connectivity index (χ4n) is 1.90. The molecule has 0 aliphatic carbocycles. The van der Waals surface area contributed by atoms with Crippen molar-refractivity contribution in [3.63, 3.8) is 0 Å². The molecule has 0 aliphatic heterocycles. The molecule has 0 unspecified atom stereocenters. The summed E-state index contributed by atoms with van der Waals surface area (Å²) in [5.41, 5.74) is 2.67. The summed E-state index contributed by atoms with van der Waals surface area (Å²) >= 11 is 0. The van der Waals surface area contributed by atoms with Crippen molar-refractivity contribution < 1.29 is 5.11 Å². The Morgan fingerprint density at radius 1 is 1.24 bits per heavy atom. The van der Waals surface area contributed by atoms with E-state index < -0.39 is 0 Å². The molecule has 1 N–H and O–H groups in total. The van der Waals surface area contributed by atoms with Gasteiger partial charge in [-0.15, -0.1) is 0 Å². The van der Waals surface area contributed by atoms with Crippen molar-refractivity contribution in [3.05, 3.63) is 42.9 Å². The summed E-state index contributed by atoms with van der Waals surface area (Å²) < 4.78 is 1.73. The second kappa shape index (κ2) is 3.59. The molecule has 0 saturated carbocycles. The third-order valence-corrected chi connectivity index (χ3v) is 2.74. The molecule has 1 aromatic carbocycles. The number of phenolic OH excluding ortho intramolecular Hbond substituents is 1. The highest BCUT2D eigenvalue weighted by Gasteiger charge is 2.06. The topological polar surface area (TPSA) is 50.9 Å². The number of benzene rings is 1. The minimum Gasteiger partial charge on any atom is -0.507 e. The van der Waals surface area contributed by atoms with E-state index in [9.17, 15) is 5.11 Å². The van der Waals surface area contributed by atoms with E-state index in [4.69, 9.17) is 0 Å². The van der Waals surface area contributed by atoms with Gasteiger partial charge in [0, 0.05) is 30.4 Å². The van der Waals surface area contributed by atoms with Gasteiger partial charge in [-0.05, 0) is 29.8 Å². The lowest BCUT2D eigenvalue weighted by atomic mass is 10.1. The van der Waals surface area contributed by atoms with Crippen LogP contribution in [0.15, 0.2) is 42.9 Å². The van der Waals surface area contributed by atoms with Gasteiger partial charge in [-0.25, -0.2) is 0 Å². The molecular formula is C13H11N3O. The normalized spacial score (nSPS) is 10.9. The summed E-state index contributed by atoms with van der Waals surface area (Å²) in [4.78, 5) is 4.25. The maximum Gasteiger partial charge on any atom is 0.125 e. The lowest BCUT2D eigenvalue weighted by Crippen LogP contribution is -1.84. The highest BCUT2D eigenvalue weighted by molar-refractivity contribution is 5.89. The number of hydrogen-bond acceptors (Lipinski definition) is 3. The Hall–Kier alpha value is -2.36. The summed E-state index contributed by atoms with van der Waals surface area (Å²) in [6, 6.07) is 7.35. The van der Waals surface area contributed by atoms with Gasteiger partial charge in [-0.1, -0.05) is 0 Å². The second-order valence-electron chi connectivity index (χ2n) is 3.97. The Morgan fingerprint density at radius 2 is 2.12 bits per heavy atom. The Labute approximate surface area is 98.2 Å². The van der Waals surface area contributed by atoms with Gasteiger partial charge in [0.2, 0.25) is 0 Å². The molecule has 0 radical (unpaired) electrons. The molecule has 4 nitrogen and oxygen atoms in total. The monoisotopic (exact) mass is 225 g/mol. The molecule has 17 heavy (non-hydrogen) atoms. The summed E-state index contributed by atoms with van der Waals surface area (Å²) in [6.07, 6.45) is 5.39. The number of nitrogens with zero attached hydrogens (tertiary/aromatic N) is 3. The van der Waals surface area contributed by atoms with Crippen LogP contribution < -0.4 is 0 Å². The summed E-state index contributed by atoms with van der Waals surface area (Å²) in [5.74, 6) is 0.245. The minimum absolute atomic E-state index is 0.245. The van der Waals surface area contributed by atoms with Crippen molar-refractivity contribution in [1.29, 1.82) is 0 Å². The van der Waals surface area contributed by atoms with Gasteiger partial charge in [0.1, 0.15) is 5.75 Å². The standard InChI is InChI=1S/C13H11N3O/c1-16-8-10(7-15-16)9-5-12-11(13(17)6-9)3-2-4-14-12/h2-8,17H,1H3. The maximum atomic E-state index is 9.95. The Morgan fingerprint density at radius 3 is 2.88 bits per heavy atom. The number of hydrogen-bond donors (Lipinski definition) is 1. The third-order valence-electron chi connectivity index (χ3n) is 2.74. The van der Waals surface area contributed by atoms with Crippen LogP contribution in [0.2, 0.25) is 0 Å². The van der Waals surface area contributed by atoms with E-state index in [0.29, 0.717) is 0 Å². The van der Waals surface area contributed by atoms with Crippen LogP contribution in [0.5, 0.6) is 5.75 Å². The number of pyridine rings is 1. The number of aromatic hydroxyl groups is 1. The molecule has 0 saturated heterocycles. The molecule has 0 aliphatic rings. The molecule has 0 bridgehead atoms. The minimum atomic E-state index is 0.245. The van der Waals surface area contributed by atoms with E-state index in [1.165, 1.54) is 0 Å². The molecule has 4 heteroatoms. The number of aromatic nitrogens is 3. The molecule has 2 aromatic heterocycles. The SMILES string of the molecule is Cn1cc(-c2cc(O)c3cccnc3c2)cn1. The molecule has 0 spiro atoms. The molecular weight excluding hydrogens is 214 g/mol. The van der Waals surface area contributed by atoms with Gasteiger partial charge in [-0.2, -0.15) is 5.10 Å². The van der Waals surface area contributed by atoms with E-state index >= 15 is 0 Å². The number of aryl methyl sites for hydroxylation is 1. The summed E-state index contributed by atoms with van der Waals surface area (Å²) in [5, 5.41) is 14.8. The lowest BCUT2D eigenvalue weighted by Gasteiger charge is -2.03. The van der Waals surface area contributed by atoms with Crippen LogP contribution in [0.1, 0.15) is 0 Å². The van der Waals surface area contributed by atoms with Crippen molar-refractivity contribution in [2.75, 3.05) is 0 Å². The Kier molecular flexibility index (Phi) is 2.08. The number of rotatable bonds is 1. The van der Waals surface area contributed by atoms with Gasteiger partial charge in [0.15, 0.2) is 0 Å². The van der Waals surface area contributed by atoms with Crippen molar-refractivity contribution in [1.82, 2.24) is 14.8 Å². The number of fused-ring (bicyclic) bond motifs is 1. The predicted octanol–water partition coefficient (Wildman–Crippen LogP) is 2.34. The largest absolute Gasteiger partial charge is 0.507 e. The quantitative estimate of drug-likeness (QED) is 0.691. The summed E-state index contributed by atoms with van der Waals surface area (Å²) in [6.45, 7) is 0. The smallest absolute Gasteiger partial charge is 0.125 e. The van der Waals surface area contributed by atoms with Crippen LogP contribution in [0.3, 0.4) is 0 Å². The zero-order valence-corrected chi connectivity index (χ0v) is 9.33. The van der Waals surface area contributed by atoms with Crippen LogP contribution in [-0.4, -0.2) is 19.9 Å². The van der Waals surface area contributed by atoms with Gasteiger partial charge in [0.05, 0.1) is 11.7 Å². The molecule has 2 heterocycles. The van der Waals surface area contributed by atoms with Crippen LogP contribution in [-0.2, 0) is 7.05 Å². The summed E-state index contributed by atoms with van der Waals surface area (Å²) in [7, 11) is 1.86. The average molecular weight is 225 g/mol. The van der Waals surface area contributed by atoms with E-state index in [1.807, 2.05) is 31.4 Å². The van der Waals surface area contributed by atoms with Crippen molar-refractivity contribution in [2.24, 2.45) is 7.05 Å². The zero-order chi connectivity index (χ0) is 11.8. The molecule has 0 atom stereocenters. The molecule has 0 amide bonds. The van der Waals surface area contributed by atoms with E-state index in [1.54, 1.807) is 23.1 Å². The first kappa shape index (κ1) is 9.84. The lowest BCUT2D eigenvalue weighted by molar-refractivity contribution is 0.482. The van der Waals surface area contributed by atoms with Gasteiger partial charge >= 0.3 is 0 Å². The van der Waals surface area contributed by atoms with Crippen LogP contribution in [0.4, 0.5) is 0 Å². The van der Waals surface area contributed by atoms with E-state index in [0.717, 1.165) is 22.0 Å². The second-order valence-corrected chi connectivity index (χ2v) is 3.97. The molecule has 84 valence electrons. The molecule has 0 fully saturated rings. The van der Waals surface area contributed by atoms with Crippen molar-refractivity contribution in [2.45, 2.75) is 0 Å². The Bertz CT molecular complexity index is 688. The molecule has 3 aromatic rings. The average Bonchev–Trinajstić information content (AvgIpc) is 2.76. The highest BCUT2D eigenvalue weighted by atomic mass is 16.3. The number of phenols is 1. The maximum absolute atomic E-state index is 9.95. The van der Waals surface area contributed by atoms with E-state index in [2.05, 4.69) is 10.1 Å². The van der Waals surface area contributed by atoms with E-state index in [-0.39, 0.29) is 5.75 Å². The van der Waals surface area contributed by atoms with Gasteiger partial charge in [0.25, 0.3) is 0 Å². The molecule has 3 rings (SSSR count). The fourth-order valence-corrected chi connectivity index (χ4v) is 1.90. The van der Waals surface area contributed by atoms with Crippen LogP contribution in [0.25, 0.3) is 22.0 Å². The van der Waals surface area contributed by atoms with Crippen LogP contribution >= 0.6 is 0 Å². The van der Waals surface area contributed by atoms with Gasteiger partial charge < -0.3 is 5.11 Å². The Balaban J connectivity index is 2.25. The van der Waals surface area contributed by atoms with Crippen LogP contribution in [0, 0.1) is 0 Å². The van der Waals surface area contributed by atoms with Crippen molar-refractivity contribution >= 4 is 10.9 Å². The fraction of sp³-hybridized carbons (Fsp3) is 0.0769. The zero-order valence-electron chi connectivity index (χ0n) is 9.33. The first-order valence-electron chi connectivity index (χ1n) is 5.31. The first-order chi connectivity index (χ1) is 8.24. The third kappa shape index (κ3) is 1.63. The van der Waals surface area contributed by atoms with Crippen molar-refractivity contribution in [3.8, 4) is 16.9 Å². The predicted molar refractivity (Wildman–Crippen MR) is 65.6 cm³/mol. The highest BCUT2D eigenvalue weighted by Crippen LogP contribution is 2.30. The first-order valence-corrected chi connectivity index (χ1v) is 5.31. The van der Waals surface area contributed by atoms with Gasteiger partial charge in [-0.3, -0.25) is 9.67 Å².